The first kappa shape index (κ1) is 15.6. The summed E-state index contributed by atoms with van der Waals surface area (Å²) in [6.45, 7) is 6.98. The molecule has 1 aromatic carbocycles. The van der Waals surface area contributed by atoms with Crippen molar-refractivity contribution in [1.82, 2.24) is 5.32 Å². The fraction of sp³-hybridized carbons (Fsp3) is 0.571. The van der Waals surface area contributed by atoms with E-state index in [1.165, 1.54) is 12.8 Å². The van der Waals surface area contributed by atoms with Crippen molar-refractivity contribution in [1.29, 1.82) is 0 Å². The van der Waals surface area contributed by atoms with Crippen LogP contribution >= 0.6 is 23.2 Å². The highest BCUT2D eigenvalue weighted by Gasteiger charge is 1.99. The number of ether oxygens (including phenoxy) is 1. The van der Waals surface area contributed by atoms with Gasteiger partial charge in [0, 0.05) is 16.6 Å². The molecule has 0 aliphatic rings. The summed E-state index contributed by atoms with van der Waals surface area (Å²) < 4.78 is 5.56. The average molecular weight is 290 g/mol. The summed E-state index contributed by atoms with van der Waals surface area (Å²) in [5.74, 6) is 1.49. The molecule has 2 nitrogen and oxygen atoms in total. The predicted octanol–water partition coefficient (Wildman–Crippen LogP) is 4.40. The number of hydrogen-bond acceptors (Lipinski definition) is 2. The molecule has 0 spiro atoms. The van der Waals surface area contributed by atoms with E-state index in [9.17, 15) is 0 Å². The molecule has 0 unspecified atom stereocenters. The Bertz CT molecular complexity index is 335. The first-order chi connectivity index (χ1) is 8.58. The molecule has 1 aromatic rings. The minimum absolute atomic E-state index is 0.599. The SMILES string of the molecule is CC(C)CCCNCCOc1cc(Cl)cc(Cl)c1. The summed E-state index contributed by atoms with van der Waals surface area (Å²) in [5, 5.41) is 4.55. The topological polar surface area (TPSA) is 21.3 Å². The van der Waals surface area contributed by atoms with E-state index in [0.29, 0.717) is 16.7 Å². The largest absolute Gasteiger partial charge is 0.492 e. The zero-order valence-electron chi connectivity index (χ0n) is 11.0. The molecule has 0 aliphatic carbocycles. The third-order valence-electron chi connectivity index (χ3n) is 2.52. The van der Waals surface area contributed by atoms with Gasteiger partial charge in [0.15, 0.2) is 0 Å². The molecule has 0 fully saturated rings. The molecule has 0 amide bonds. The molecule has 18 heavy (non-hydrogen) atoms. The summed E-state index contributed by atoms with van der Waals surface area (Å²) in [5.41, 5.74) is 0. The van der Waals surface area contributed by atoms with Crippen LogP contribution in [0, 0.1) is 5.92 Å². The standard InChI is InChI=1S/C14H21Cl2NO/c1-11(2)4-3-5-17-6-7-18-14-9-12(15)8-13(16)10-14/h8-11,17H,3-7H2,1-2H3. The minimum atomic E-state index is 0.599. The van der Waals surface area contributed by atoms with Crippen LogP contribution in [0.2, 0.25) is 10.0 Å². The number of hydrogen-bond donors (Lipinski definition) is 1. The highest BCUT2D eigenvalue weighted by Crippen LogP contribution is 2.23. The van der Waals surface area contributed by atoms with Crippen LogP contribution in [-0.4, -0.2) is 19.7 Å². The van der Waals surface area contributed by atoms with E-state index in [1.54, 1.807) is 18.2 Å². The molecule has 1 rings (SSSR count). The molecule has 1 N–H and O–H groups in total. The van der Waals surface area contributed by atoms with Crippen molar-refractivity contribution in [3.63, 3.8) is 0 Å². The maximum atomic E-state index is 5.88. The molecule has 0 heterocycles. The molecule has 0 aliphatic heterocycles. The van der Waals surface area contributed by atoms with E-state index in [4.69, 9.17) is 27.9 Å². The monoisotopic (exact) mass is 289 g/mol. The van der Waals surface area contributed by atoms with Crippen molar-refractivity contribution in [2.45, 2.75) is 26.7 Å². The van der Waals surface area contributed by atoms with Gasteiger partial charge in [0.25, 0.3) is 0 Å². The Labute approximate surface area is 120 Å². The number of nitrogens with one attached hydrogen (secondary N) is 1. The van der Waals surface area contributed by atoms with Crippen molar-refractivity contribution < 1.29 is 4.74 Å². The first-order valence-electron chi connectivity index (χ1n) is 6.37. The van der Waals surface area contributed by atoms with E-state index in [-0.39, 0.29) is 0 Å². The summed E-state index contributed by atoms with van der Waals surface area (Å²) in [4.78, 5) is 0. The number of halogens is 2. The zero-order valence-corrected chi connectivity index (χ0v) is 12.5. The summed E-state index contributed by atoms with van der Waals surface area (Å²) in [6, 6.07) is 5.23. The van der Waals surface area contributed by atoms with Gasteiger partial charge in [0.2, 0.25) is 0 Å². The van der Waals surface area contributed by atoms with Crippen LogP contribution < -0.4 is 10.1 Å². The van der Waals surface area contributed by atoms with Crippen molar-refractivity contribution >= 4 is 23.2 Å². The normalized spacial score (nSPS) is 10.9. The summed E-state index contributed by atoms with van der Waals surface area (Å²) in [7, 11) is 0. The molecule has 0 atom stereocenters. The summed E-state index contributed by atoms with van der Waals surface area (Å²) in [6.07, 6.45) is 2.47. The Morgan fingerprint density at radius 3 is 2.39 bits per heavy atom. The molecule has 102 valence electrons. The Hall–Kier alpha value is -0.440. The van der Waals surface area contributed by atoms with Crippen molar-refractivity contribution in [3.05, 3.63) is 28.2 Å². The van der Waals surface area contributed by atoms with Gasteiger partial charge in [0.05, 0.1) is 0 Å². The van der Waals surface area contributed by atoms with Crippen LogP contribution in [0.25, 0.3) is 0 Å². The lowest BCUT2D eigenvalue weighted by atomic mass is 10.1. The van der Waals surface area contributed by atoms with Gasteiger partial charge in [-0.3, -0.25) is 0 Å². The molecule has 0 aromatic heterocycles. The molecule has 0 radical (unpaired) electrons. The highest BCUT2D eigenvalue weighted by atomic mass is 35.5. The minimum Gasteiger partial charge on any atom is -0.492 e. The van der Waals surface area contributed by atoms with Gasteiger partial charge in [-0.05, 0) is 43.5 Å². The van der Waals surface area contributed by atoms with Crippen LogP contribution in [-0.2, 0) is 0 Å². The van der Waals surface area contributed by atoms with E-state index in [1.807, 2.05) is 0 Å². The van der Waals surface area contributed by atoms with E-state index in [0.717, 1.165) is 24.8 Å². The van der Waals surface area contributed by atoms with Crippen LogP contribution in [0.4, 0.5) is 0 Å². The molecule has 0 saturated carbocycles. The number of rotatable bonds is 8. The fourth-order valence-corrected chi connectivity index (χ4v) is 2.12. The van der Waals surface area contributed by atoms with Crippen LogP contribution in [0.3, 0.4) is 0 Å². The lowest BCUT2D eigenvalue weighted by molar-refractivity contribution is 0.313. The van der Waals surface area contributed by atoms with Crippen LogP contribution in [0.1, 0.15) is 26.7 Å². The Balaban J connectivity index is 2.10. The molecule has 0 saturated heterocycles. The van der Waals surface area contributed by atoms with Gasteiger partial charge >= 0.3 is 0 Å². The second kappa shape index (κ2) is 8.63. The van der Waals surface area contributed by atoms with Crippen molar-refractivity contribution in [3.8, 4) is 5.75 Å². The van der Waals surface area contributed by atoms with E-state index in [2.05, 4.69) is 19.2 Å². The molecule has 4 heteroatoms. The number of benzene rings is 1. The van der Waals surface area contributed by atoms with Gasteiger partial charge < -0.3 is 10.1 Å². The average Bonchev–Trinajstić information content (AvgIpc) is 2.26. The van der Waals surface area contributed by atoms with Crippen LogP contribution in [0.5, 0.6) is 5.75 Å². The van der Waals surface area contributed by atoms with Crippen molar-refractivity contribution in [2.75, 3.05) is 19.7 Å². The van der Waals surface area contributed by atoms with Gasteiger partial charge in [-0.15, -0.1) is 0 Å². The van der Waals surface area contributed by atoms with E-state index >= 15 is 0 Å². The molecule has 0 bridgehead atoms. The maximum Gasteiger partial charge on any atom is 0.122 e. The second-order valence-corrected chi connectivity index (χ2v) is 5.61. The lowest BCUT2D eigenvalue weighted by Gasteiger charge is -2.09. The summed E-state index contributed by atoms with van der Waals surface area (Å²) >= 11 is 11.8. The van der Waals surface area contributed by atoms with Gasteiger partial charge in [-0.1, -0.05) is 37.0 Å². The second-order valence-electron chi connectivity index (χ2n) is 4.74. The first-order valence-corrected chi connectivity index (χ1v) is 7.13. The smallest absolute Gasteiger partial charge is 0.122 e. The van der Waals surface area contributed by atoms with Gasteiger partial charge in [0.1, 0.15) is 12.4 Å². The van der Waals surface area contributed by atoms with Gasteiger partial charge in [-0.2, -0.15) is 0 Å². The fourth-order valence-electron chi connectivity index (χ4n) is 1.61. The van der Waals surface area contributed by atoms with Crippen molar-refractivity contribution in [2.24, 2.45) is 5.92 Å². The van der Waals surface area contributed by atoms with Crippen LogP contribution in [0.15, 0.2) is 18.2 Å². The molecular formula is C14H21Cl2NO. The Morgan fingerprint density at radius 1 is 1.11 bits per heavy atom. The lowest BCUT2D eigenvalue weighted by Crippen LogP contribution is -2.22. The zero-order chi connectivity index (χ0) is 13.4. The Kier molecular flexibility index (Phi) is 7.48. The third kappa shape index (κ3) is 7.10. The van der Waals surface area contributed by atoms with E-state index < -0.39 is 0 Å². The maximum absolute atomic E-state index is 5.88. The predicted molar refractivity (Wildman–Crippen MR) is 78.9 cm³/mol. The Morgan fingerprint density at radius 2 is 1.78 bits per heavy atom. The third-order valence-corrected chi connectivity index (χ3v) is 2.96. The van der Waals surface area contributed by atoms with Gasteiger partial charge in [-0.25, -0.2) is 0 Å². The quantitative estimate of drug-likeness (QED) is 0.717. The highest BCUT2D eigenvalue weighted by molar-refractivity contribution is 6.34. The molecular weight excluding hydrogens is 269 g/mol.